The van der Waals surface area contributed by atoms with Gasteiger partial charge in [0, 0.05) is 13.7 Å². The van der Waals surface area contributed by atoms with Crippen molar-refractivity contribution >= 4 is 0 Å². The van der Waals surface area contributed by atoms with E-state index in [1.165, 1.54) is 0 Å². The van der Waals surface area contributed by atoms with Crippen LogP contribution in [0.25, 0.3) is 0 Å². The molecule has 0 aromatic rings. The summed E-state index contributed by atoms with van der Waals surface area (Å²) in [4.78, 5) is 0. The Bertz CT molecular complexity index is 91.3. The lowest BCUT2D eigenvalue weighted by molar-refractivity contribution is -0.0480. The molecule has 62 valence electrons. The largest absolute Gasteiger partial charge is 0.396 e. The topological polar surface area (TPSA) is 29.5 Å². The van der Waals surface area contributed by atoms with Crippen LogP contribution in [-0.4, -0.2) is 24.4 Å². The minimum absolute atomic E-state index is 0.158. The third kappa shape index (κ3) is 2.27. The highest BCUT2D eigenvalue weighted by Crippen LogP contribution is 2.23. The summed E-state index contributed by atoms with van der Waals surface area (Å²) in [5.74, 6) is 0.449. The van der Waals surface area contributed by atoms with Gasteiger partial charge in [-0.25, -0.2) is 0 Å². The highest BCUT2D eigenvalue weighted by Gasteiger charge is 2.26. The quantitative estimate of drug-likeness (QED) is 0.650. The van der Waals surface area contributed by atoms with Crippen LogP contribution in [-0.2, 0) is 4.74 Å². The summed E-state index contributed by atoms with van der Waals surface area (Å²) >= 11 is 0. The molecule has 2 heteroatoms. The van der Waals surface area contributed by atoms with Crippen molar-refractivity contribution < 1.29 is 9.84 Å². The Morgan fingerprint density at radius 2 is 2.00 bits per heavy atom. The maximum atomic E-state index is 8.70. The lowest BCUT2D eigenvalue weighted by Crippen LogP contribution is -2.34. The fourth-order valence-corrected chi connectivity index (χ4v) is 0.848. The van der Waals surface area contributed by atoms with E-state index in [4.69, 9.17) is 9.84 Å². The standard InChI is InChI=1S/C8H18O2/c1-7(2)8(3,10-4)5-6-9/h7,9H,5-6H2,1-4H3. The monoisotopic (exact) mass is 146 g/mol. The number of methoxy groups -OCH3 is 1. The van der Waals surface area contributed by atoms with Crippen LogP contribution in [0.5, 0.6) is 0 Å². The Balaban J connectivity index is 3.94. The molecule has 0 rings (SSSR count). The summed E-state index contributed by atoms with van der Waals surface area (Å²) in [6.45, 7) is 6.41. The van der Waals surface area contributed by atoms with Gasteiger partial charge in [-0.2, -0.15) is 0 Å². The van der Waals surface area contributed by atoms with Gasteiger partial charge in [0.2, 0.25) is 0 Å². The van der Waals surface area contributed by atoms with Crippen molar-refractivity contribution in [3.05, 3.63) is 0 Å². The van der Waals surface area contributed by atoms with Crippen molar-refractivity contribution in [1.82, 2.24) is 0 Å². The molecule has 0 aliphatic carbocycles. The van der Waals surface area contributed by atoms with E-state index in [1.807, 2.05) is 6.92 Å². The molecule has 0 aliphatic rings. The summed E-state index contributed by atoms with van der Waals surface area (Å²) in [5, 5.41) is 8.70. The average Bonchev–Trinajstić information content (AvgIpc) is 1.88. The van der Waals surface area contributed by atoms with Crippen molar-refractivity contribution in [3.63, 3.8) is 0 Å². The van der Waals surface area contributed by atoms with Crippen molar-refractivity contribution in [2.75, 3.05) is 13.7 Å². The highest BCUT2D eigenvalue weighted by molar-refractivity contribution is 4.77. The second kappa shape index (κ2) is 3.94. The normalized spacial score (nSPS) is 17.4. The van der Waals surface area contributed by atoms with Gasteiger partial charge < -0.3 is 9.84 Å². The molecule has 1 atom stereocenters. The van der Waals surface area contributed by atoms with E-state index in [1.54, 1.807) is 7.11 Å². The van der Waals surface area contributed by atoms with E-state index in [2.05, 4.69) is 13.8 Å². The maximum Gasteiger partial charge on any atom is 0.0695 e. The van der Waals surface area contributed by atoms with Crippen LogP contribution in [0.2, 0.25) is 0 Å². The molecule has 2 nitrogen and oxygen atoms in total. The zero-order chi connectivity index (χ0) is 8.20. The molecule has 0 heterocycles. The van der Waals surface area contributed by atoms with Crippen LogP contribution >= 0.6 is 0 Å². The smallest absolute Gasteiger partial charge is 0.0695 e. The summed E-state index contributed by atoms with van der Waals surface area (Å²) in [5.41, 5.74) is -0.158. The third-order valence-electron chi connectivity index (χ3n) is 2.30. The van der Waals surface area contributed by atoms with Gasteiger partial charge in [-0.05, 0) is 19.3 Å². The van der Waals surface area contributed by atoms with E-state index in [9.17, 15) is 0 Å². The second-order valence-corrected chi connectivity index (χ2v) is 3.15. The van der Waals surface area contributed by atoms with E-state index in [-0.39, 0.29) is 12.2 Å². The summed E-state index contributed by atoms with van der Waals surface area (Å²) in [6, 6.07) is 0. The number of ether oxygens (including phenoxy) is 1. The van der Waals surface area contributed by atoms with E-state index < -0.39 is 0 Å². The van der Waals surface area contributed by atoms with Crippen molar-refractivity contribution in [3.8, 4) is 0 Å². The third-order valence-corrected chi connectivity index (χ3v) is 2.30. The van der Waals surface area contributed by atoms with E-state index >= 15 is 0 Å². The van der Waals surface area contributed by atoms with Gasteiger partial charge >= 0.3 is 0 Å². The number of hydrogen-bond acceptors (Lipinski definition) is 2. The molecule has 0 aromatic carbocycles. The Hall–Kier alpha value is -0.0800. The molecule has 1 N–H and O–H groups in total. The molecule has 0 radical (unpaired) electrons. The summed E-state index contributed by atoms with van der Waals surface area (Å²) < 4.78 is 5.28. The molecule has 0 aliphatic heterocycles. The number of aliphatic hydroxyl groups excluding tert-OH is 1. The maximum absolute atomic E-state index is 8.70. The van der Waals surface area contributed by atoms with Crippen LogP contribution in [0.4, 0.5) is 0 Å². The molecular formula is C8H18O2. The molecule has 0 bridgehead atoms. The minimum Gasteiger partial charge on any atom is -0.396 e. The van der Waals surface area contributed by atoms with Crippen LogP contribution in [0.1, 0.15) is 27.2 Å². The van der Waals surface area contributed by atoms with Gasteiger partial charge in [-0.15, -0.1) is 0 Å². The lowest BCUT2D eigenvalue weighted by atomic mass is 9.89. The lowest BCUT2D eigenvalue weighted by Gasteiger charge is -2.31. The van der Waals surface area contributed by atoms with Gasteiger partial charge in [-0.1, -0.05) is 13.8 Å². The van der Waals surface area contributed by atoms with Crippen LogP contribution in [0.15, 0.2) is 0 Å². The van der Waals surface area contributed by atoms with E-state index in [0.29, 0.717) is 12.3 Å². The Labute approximate surface area is 63.2 Å². The molecule has 0 saturated heterocycles. The molecule has 1 unspecified atom stereocenters. The minimum atomic E-state index is -0.158. The van der Waals surface area contributed by atoms with Crippen LogP contribution < -0.4 is 0 Å². The fraction of sp³-hybridized carbons (Fsp3) is 1.00. The van der Waals surface area contributed by atoms with Crippen molar-refractivity contribution in [2.45, 2.75) is 32.8 Å². The Kier molecular flexibility index (Phi) is 3.91. The van der Waals surface area contributed by atoms with Gasteiger partial charge in [0.1, 0.15) is 0 Å². The zero-order valence-electron chi connectivity index (χ0n) is 7.35. The first kappa shape index (κ1) is 9.92. The first-order chi connectivity index (χ1) is 4.56. The zero-order valence-corrected chi connectivity index (χ0v) is 7.35. The first-order valence-corrected chi connectivity index (χ1v) is 3.73. The second-order valence-electron chi connectivity index (χ2n) is 3.15. The number of hydrogen-bond donors (Lipinski definition) is 1. The average molecular weight is 146 g/mol. The fourth-order valence-electron chi connectivity index (χ4n) is 0.848. The molecule has 0 spiro atoms. The SMILES string of the molecule is COC(C)(CCO)C(C)C. The van der Waals surface area contributed by atoms with Gasteiger partial charge in [0.05, 0.1) is 5.60 Å². The summed E-state index contributed by atoms with van der Waals surface area (Å²) in [7, 11) is 1.69. The van der Waals surface area contributed by atoms with Gasteiger partial charge in [-0.3, -0.25) is 0 Å². The molecule has 0 saturated carbocycles. The van der Waals surface area contributed by atoms with Gasteiger partial charge in [0.25, 0.3) is 0 Å². The predicted octanol–water partition coefficient (Wildman–Crippen LogP) is 1.43. The number of rotatable bonds is 4. The highest BCUT2D eigenvalue weighted by atomic mass is 16.5. The van der Waals surface area contributed by atoms with Gasteiger partial charge in [0.15, 0.2) is 0 Å². The molecule has 0 fully saturated rings. The number of aliphatic hydroxyl groups is 1. The van der Waals surface area contributed by atoms with Crippen LogP contribution in [0, 0.1) is 5.92 Å². The molecule has 10 heavy (non-hydrogen) atoms. The van der Waals surface area contributed by atoms with Crippen LogP contribution in [0.3, 0.4) is 0 Å². The molecule has 0 amide bonds. The first-order valence-electron chi connectivity index (χ1n) is 3.73. The molecular weight excluding hydrogens is 128 g/mol. The Morgan fingerprint density at radius 1 is 1.50 bits per heavy atom. The van der Waals surface area contributed by atoms with Crippen molar-refractivity contribution in [2.24, 2.45) is 5.92 Å². The Morgan fingerprint density at radius 3 is 2.10 bits per heavy atom. The van der Waals surface area contributed by atoms with Crippen molar-refractivity contribution in [1.29, 1.82) is 0 Å². The summed E-state index contributed by atoms with van der Waals surface area (Å²) in [6.07, 6.45) is 0.709. The molecule has 0 aromatic heterocycles. The van der Waals surface area contributed by atoms with E-state index in [0.717, 1.165) is 0 Å². The predicted molar refractivity (Wildman–Crippen MR) is 42.0 cm³/mol.